The van der Waals surface area contributed by atoms with E-state index in [0.29, 0.717) is 11.1 Å². The van der Waals surface area contributed by atoms with Crippen molar-refractivity contribution in [1.29, 1.82) is 0 Å². The van der Waals surface area contributed by atoms with Gasteiger partial charge in [-0.15, -0.1) is 0 Å². The van der Waals surface area contributed by atoms with Gasteiger partial charge in [-0.2, -0.15) is 0 Å². The summed E-state index contributed by atoms with van der Waals surface area (Å²) >= 11 is 0. The molecule has 1 atom stereocenters. The maximum absolute atomic E-state index is 12.6. The van der Waals surface area contributed by atoms with Crippen molar-refractivity contribution in [2.24, 2.45) is 0 Å². The van der Waals surface area contributed by atoms with Crippen LogP contribution >= 0.6 is 7.80 Å². The van der Waals surface area contributed by atoms with Crippen molar-refractivity contribution < 1.29 is 14.2 Å². The van der Waals surface area contributed by atoms with Crippen molar-refractivity contribution in [3.8, 4) is 0 Å². The fourth-order valence-electron chi connectivity index (χ4n) is 3.40. The molecule has 2 aromatic rings. The Morgan fingerprint density at radius 1 is 0.840 bits per heavy atom. The summed E-state index contributed by atoms with van der Waals surface area (Å²) in [5.74, 6) is -0.0425. The van der Waals surface area contributed by atoms with Crippen LogP contribution in [0.15, 0.2) is 30.3 Å². The van der Waals surface area contributed by atoms with Gasteiger partial charge in [0.05, 0.1) is 0 Å². The van der Waals surface area contributed by atoms with Gasteiger partial charge in [0.25, 0.3) is 0 Å². The van der Waals surface area contributed by atoms with E-state index < -0.39 is 7.80 Å². The zero-order chi connectivity index (χ0) is 18.7. The Hall–Kier alpha value is -1.99. The second-order valence-corrected chi connectivity index (χ2v) is 8.52. The second-order valence-electron chi connectivity index (χ2n) is 6.72. The number of ketones is 1. The first-order valence-electron chi connectivity index (χ1n) is 8.47. The Balaban J connectivity index is 2.13. The molecule has 1 unspecified atom stereocenters. The van der Waals surface area contributed by atoms with Crippen LogP contribution < -0.4 is 0 Å². The molecule has 0 radical (unpaired) electrons. The van der Waals surface area contributed by atoms with Crippen LogP contribution in [-0.4, -0.2) is 17.5 Å². The number of carbonyl (C=O) groups is 2. The molecule has 0 amide bonds. The molecule has 0 heterocycles. The maximum Gasteiger partial charge on any atom is 0.219 e. The monoisotopic (exact) mass is 356 g/mol. The van der Waals surface area contributed by atoms with Crippen molar-refractivity contribution in [1.82, 2.24) is 0 Å². The molecule has 3 nitrogen and oxygen atoms in total. The third-order valence-corrected chi connectivity index (χ3v) is 5.96. The zero-order valence-electron chi connectivity index (χ0n) is 15.5. The van der Waals surface area contributed by atoms with Gasteiger partial charge < -0.3 is 4.57 Å². The molecule has 25 heavy (non-hydrogen) atoms. The lowest BCUT2D eigenvalue weighted by atomic mass is 9.98. The predicted molar refractivity (Wildman–Crippen MR) is 104 cm³/mol. The van der Waals surface area contributed by atoms with Crippen molar-refractivity contribution >= 4 is 19.1 Å². The molecule has 0 saturated carbocycles. The normalized spacial score (nSPS) is 12.0. The molecule has 132 valence electrons. The standard InChI is InChI=1S/C21H25O3P/c1-13-11-16(4)20(17(5)12-13)21(23)25(24)10-9-18(22)19-14(2)7-6-8-15(19)3/h6-8,11-12,25H,9-10H2,1-5H3. The van der Waals surface area contributed by atoms with E-state index in [1.54, 1.807) is 0 Å². The molecule has 0 aromatic heterocycles. The van der Waals surface area contributed by atoms with Crippen LogP contribution in [0.5, 0.6) is 0 Å². The smallest absolute Gasteiger partial charge is 0.219 e. The predicted octanol–water partition coefficient (Wildman–Crippen LogP) is 5.20. The van der Waals surface area contributed by atoms with E-state index in [1.807, 2.05) is 65.0 Å². The summed E-state index contributed by atoms with van der Waals surface area (Å²) < 4.78 is 12.5. The van der Waals surface area contributed by atoms with Crippen LogP contribution in [0.25, 0.3) is 0 Å². The molecule has 0 aliphatic carbocycles. The van der Waals surface area contributed by atoms with Gasteiger partial charge in [0.15, 0.2) is 5.78 Å². The highest BCUT2D eigenvalue weighted by Gasteiger charge is 2.21. The highest BCUT2D eigenvalue weighted by Crippen LogP contribution is 2.32. The third kappa shape index (κ3) is 4.35. The molecule has 0 fully saturated rings. The van der Waals surface area contributed by atoms with Gasteiger partial charge in [-0.1, -0.05) is 35.9 Å². The lowest BCUT2D eigenvalue weighted by Crippen LogP contribution is -2.08. The van der Waals surface area contributed by atoms with E-state index in [2.05, 4.69) is 0 Å². The van der Waals surface area contributed by atoms with Crippen molar-refractivity contribution in [3.63, 3.8) is 0 Å². The van der Waals surface area contributed by atoms with E-state index in [0.717, 1.165) is 27.8 Å². The lowest BCUT2D eigenvalue weighted by molar-refractivity contribution is 0.0988. The van der Waals surface area contributed by atoms with Crippen LogP contribution in [-0.2, 0) is 4.57 Å². The molecule has 0 aliphatic rings. The fourth-order valence-corrected chi connectivity index (χ4v) is 4.75. The van der Waals surface area contributed by atoms with Crippen molar-refractivity contribution in [2.45, 2.75) is 41.0 Å². The van der Waals surface area contributed by atoms with Crippen LogP contribution in [0.1, 0.15) is 55.0 Å². The third-order valence-electron chi connectivity index (χ3n) is 4.50. The van der Waals surface area contributed by atoms with Crippen molar-refractivity contribution in [3.05, 3.63) is 69.3 Å². The minimum Gasteiger partial charge on any atom is -0.318 e. The van der Waals surface area contributed by atoms with E-state index in [-0.39, 0.29) is 23.9 Å². The van der Waals surface area contributed by atoms with E-state index >= 15 is 0 Å². The Labute approximate surface area is 150 Å². The summed E-state index contributed by atoms with van der Waals surface area (Å²) in [7, 11) is -2.51. The number of Topliss-reactive ketones (excluding diaryl/α,β-unsaturated/α-hetero) is 1. The van der Waals surface area contributed by atoms with E-state index in [1.165, 1.54) is 0 Å². The topological polar surface area (TPSA) is 51.2 Å². The molecule has 0 bridgehead atoms. The van der Waals surface area contributed by atoms with Gasteiger partial charge in [-0.25, -0.2) is 0 Å². The molecule has 0 N–H and O–H groups in total. The lowest BCUT2D eigenvalue weighted by Gasteiger charge is -2.11. The summed E-state index contributed by atoms with van der Waals surface area (Å²) in [4.78, 5) is 25.1. The minimum atomic E-state index is -2.51. The Morgan fingerprint density at radius 2 is 1.36 bits per heavy atom. The molecule has 0 spiro atoms. The van der Waals surface area contributed by atoms with E-state index in [9.17, 15) is 14.2 Å². The quantitative estimate of drug-likeness (QED) is 0.528. The first-order valence-corrected chi connectivity index (χ1v) is 10.1. The van der Waals surface area contributed by atoms with Gasteiger partial charge in [0.1, 0.15) is 7.80 Å². The summed E-state index contributed by atoms with van der Waals surface area (Å²) in [6.45, 7) is 9.50. The fraction of sp³-hybridized carbons (Fsp3) is 0.333. The molecule has 2 aromatic carbocycles. The van der Waals surface area contributed by atoms with Gasteiger partial charge in [0.2, 0.25) is 5.52 Å². The summed E-state index contributed by atoms with van der Waals surface area (Å²) in [6, 6.07) is 9.56. The summed E-state index contributed by atoms with van der Waals surface area (Å²) in [5, 5.41) is 0. The number of benzene rings is 2. The van der Waals surface area contributed by atoms with Crippen LogP contribution in [0, 0.1) is 34.6 Å². The maximum atomic E-state index is 12.6. The minimum absolute atomic E-state index is 0.0425. The van der Waals surface area contributed by atoms with Crippen LogP contribution in [0.2, 0.25) is 0 Å². The average molecular weight is 356 g/mol. The van der Waals surface area contributed by atoms with Crippen molar-refractivity contribution in [2.75, 3.05) is 6.16 Å². The number of carbonyl (C=O) groups excluding carboxylic acids is 2. The van der Waals surface area contributed by atoms with Gasteiger partial charge in [-0.05, 0) is 56.9 Å². The molecular formula is C21H25O3P. The number of rotatable bonds is 6. The van der Waals surface area contributed by atoms with Gasteiger partial charge in [0, 0.05) is 23.7 Å². The molecule has 2 rings (SSSR count). The molecule has 0 saturated heterocycles. The number of hydrogen-bond donors (Lipinski definition) is 0. The summed E-state index contributed by atoms with van der Waals surface area (Å²) in [6.07, 6.45) is 0.266. The van der Waals surface area contributed by atoms with Gasteiger partial charge in [-0.3, -0.25) is 9.59 Å². The molecule has 4 heteroatoms. The molecule has 0 aliphatic heterocycles. The first kappa shape index (κ1) is 19.3. The Morgan fingerprint density at radius 3 is 1.88 bits per heavy atom. The molecular weight excluding hydrogens is 331 g/mol. The largest absolute Gasteiger partial charge is 0.318 e. The SMILES string of the molecule is Cc1cc(C)c(C(=O)[PH](=O)CCC(=O)c2c(C)cccc2C)c(C)c1. The second kappa shape index (κ2) is 7.93. The Bertz CT molecular complexity index is 822. The Kier molecular flexibility index (Phi) is 6.13. The summed E-state index contributed by atoms with van der Waals surface area (Å²) in [5.41, 5.74) is 5.54. The van der Waals surface area contributed by atoms with Crippen LogP contribution in [0.3, 0.4) is 0 Å². The number of hydrogen-bond acceptors (Lipinski definition) is 3. The van der Waals surface area contributed by atoms with Crippen LogP contribution in [0.4, 0.5) is 0 Å². The first-order chi connectivity index (χ1) is 11.7. The highest BCUT2D eigenvalue weighted by molar-refractivity contribution is 7.64. The van der Waals surface area contributed by atoms with Gasteiger partial charge >= 0.3 is 0 Å². The average Bonchev–Trinajstić information content (AvgIpc) is 2.51. The number of aryl methyl sites for hydroxylation is 5. The zero-order valence-corrected chi connectivity index (χ0v) is 16.5. The van der Waals surface area contributed by atoms with E-state index in [4.69, 9.17) is 0 Å². The highest BCUT2D eigenvalue weighted by atomic mass is 31.1.